The Kier molecular flexibility index (Phi) is 6.35. The number of hydrogen-bond donors (Lipinski definition) is 1. The summed E-state index contributed by atoms with van der Waals surface area (Å²) in [6.45, 7) is 7.88. The van der Waals surface area contributed by atoms with Gasteiger partial charge in [0.2, 0.25) is 0 Å². The minimum Gasteiger partial charge on any atom is -0.458 e. The van der Waals surface area contributed by atoms with Gasteiger partial charge in [0, 0.05) is 17.2 Å². The molecule has 1 atom stereocenters. The van der Waals surface area contributed by atoms with E-state index < -0.39 is 12.0 Å². The summed E-state index contributed by atoms with van der Waals surface area (Å²) in [6, 6.07) is 17.8. The molecule has 6 nitrogen and oxygen atoms in total. The van der Waals surface area contributed by atoms with E-state index in [1.165, 1.54) is 0 Å². The lowest BCUT2D eigenvalue weighted by molar-refractivity contribution is -0.146. The van der Waals surface area contributed by atoms with E-state index in [2.05, 4.69) is 31.2 Å². The van der Waals surface area contributed by atoms with Crippen LogP contribution in [-0.2, 0) is 21.6 Å². The smallest absolute Gasteiger partial charge is 0.328 e. The minimum absolute atomic E-state index is 0.00754. The Morgan fingerprint density at radius 2 is 1.73 bits per heavy atom. The lowest BCUT2D eigenvalue weighted by Crippen LogP contribution is -2.39. The molecule has 1 N–H and O–H groups in total. The SMILES string of the molecule is C[C@H](NC(=O)c1ccc(C(C)(C)C)cc1)C(=O)OCc1cc(-c2ccccc2)on1. The summed E-state index contributed by atoms with van der Waals surface area (Å²) in [7, 11) is 0. The van der Waals surface area contributed by atoms with Crippen LogP contribution in [0.15, 0.2) is 65.2 Å². The first-order valence-electron chi connectivity index (χ1n) is 9.83. The van der Waals surface area contributed by atoms with Crippen molar-refractivity contribution in [2.24, 2.45) is 0 Å². The molecule has 0 aliphatic heterocycles. The molecule has 3 aromatic rings. The van der Waals surface area contributed by atoms with Crippen LogP contribution in [0, 0.1) is 0 Å². The first-order valence-corrected chi connectivity index (χ1v) is 9.83. The number of esters is 1. The Labute approximate surface area is 176 Å². The zero-order chi connectivity index (χ0) is 21.7. The highest BCUT2D eigenvalue weighted by molar-refractivity contribution is 5.96. The number of amides is 1. The highest BCUT2D eigenvalue weighted by Gasteiger charge is 2.20. The average Bonchev–Trinajstić information content (AvgIpc) is 3.21. The van der Waals surface area contributed by atoms with Crippen molar-refractivity contribution in [1.29, 1.82) is 0 Å². The molecule has 0 unspecified atom stereocenters. The number of aromatic nitrogens is 1. The Morgan fingerprint density at radius 1 is 1.07 bits per heavy atom. The number of benzene rings is 2. The fourth-order valence-corrected chi connectivity index (χ4v) is 2.85. The van der Waals surface area contributed by atoms with Crippen molar-refractivity contribution >= 4 is 11.9 Å². The maximum Gasteiger partial charge on any atom is 0.328 e. The predicted molar refractivity (Wildman–Crippen MR) is 114 cm³/mol. The molecule has 0 bridgehead atoms. The molecule has 1 amide bonds. The van der Waals surface area contributed by atoms with Gasteiger partial charge in [0.25, 0.3) is 5.91 Å². The fourth-order valence-electron chi connectivity index (χ4n) is 2.85. The van der Waals surface area contributed by atoms with Gasteiger partial charge in [-0.25, -0.2) is 4.79 Å². The molecule has 3 rings (SSSR count). The summed E-state index contributed by atoms with van der Waals surface area (Å²) < 4.78 is 10.6. The van der Waals surface area contributed by atoms with Crippen LogP contribution in [0.4, 0.5) is 0 Å². The van der Waals surface area contributed by atoms with Crippen LogP contribution in [0.1, 0.15) is 49.3 Å². The summed E-state index contributed by atoms with van der Waals surface area (Å²) >= 11 is 0. The third-order valence-electron chi connectivity index (χ3n) is 4.69. The first-order chi connectivity index (χ1) is 14.2. The topological polar surface area (TPSA) is 81.4 Å². The number of carbonyl (C=O) groups excluding carboxylic acids is 2. The Balaban J connectivity index is 1.52. The van der Waals surface area contributed by atoms with Gasteiger partial charge in [0.15, 0.2) is 5.76 Å². The molecular formula is C24H26N2O4. The van der Waals surface area contributed by atoms with Crippen molar-refractivity contribution in [1.82, 2.24) is 10.5 Å². The number of carbonyl (C=O) groups is 2. The second-order valence-corrected chi connectivity index (χ2v) is 8.18. The molecule has 6 heteroatoms. The third-order valence-corrected chi connectivity index (χ3v) is 4.69. The summed E-state index contributed by atoms with van der Waals surface area (Å²) in [4.78, 5) is 24.7. The van der Waals surface area contributed by atoms with Gasteiger partial charge < -0.3 is 14.6 Å². The molecule has 0 aliphatic carbocycles. The molecule has 0 aliphatic rings. The molecule has 0 saturated carbocycles. The maximum atomic E-state index is 12.4. The largest absolute Gasteiger partial charge is 0.458 e. The first kappa shape index (κ1) is 21.3. The molecule has 0 spiro atoms. The summed E-state index contributed by atoms with van der Waals surface area (Å²) in [5, 5.41) is 6.58. The highest BCUT2D eigenvalue weighted by Crippen LogP contribution is 2.22. The van der Waals surface area contributed by atoms with Crippen LogP contribution in [0.25, 0.3) is 11.3 Å². The van der Waals surface area contributed by atoms with Gasteiger partial charge in [-0.3, -0.25) is 4.79 Å². The molecule has 1 aromatic heterocycles. The van der Waals surface area contributed by atoms with Gasteiger partial charge in [-0.2, -0.15) is 0 Å². The summed E-state index contributed by atoms with van der Waals surface area (Å²) in [6.07, 6.45) is 0. The zero-order valence-corrected chi connectivity index (χ0v) is 17.6. The molecule has 30 heavy (non-hydrogen) atoms. The van der Waals surface area contributed by atoms with Crippen LogP contribution in [0.5, 0.6) is 0 Å². The van der Waals surface area contributed by atoms with E-state index in [9.17, 15) is 9.59 Å². The van der Waals surface area contributed by atoms with Crippen LogP contribution in [0.3, 0.4) is 0 Å². The maximum absolute atomic E-state index is 12.4. The van der Waals surface area contributed by atoms with E-state index >= 15 is 0 Å². The van der Waals surface area contributed by atoms with Gasteiger partial charge in [-0.15, -0.1) is 0 Å². The van der Waals surface area contributed by atoms with Gasteiger partial charge in [-0.05, 0) is 30.0 Å². The van der Waals surface area contributed by atoms with Crippen molar-refractivity contribution in [2.45, 2.75) is 45.8 Å². The van der Waals surface area contributed by atoms with Crippen molar-refractivity contribution in [3.05, 3.63) is 77.5 Å². The van der Waals surface area contributed by atoms with E-state index in [4.69, 9.17) is 9.26 Å². The molecule has 2 aromatic carbocycles. The lowest BCUT2D eigenvalue weighted by Gasteiger charge is -2.19. The van der Waals surface area contributed by atoms with Crippen LogP contribution < -0.4 is 5.32 Å². The van der Waals surface area contributed by atoms with E-state index in [1.54, 1.807) is 25.1 Å². The number of nitrogens with one attached hydrogen (secondary N) is 1. The quantitative estimate of drug-likeness (QED) is 0.610. The zero-order valence-electron chi connectivity index (χ0n) is 17.6. The standard InChI is InChI=1S/C24H26N2O4/c1-16(25-22(27)18-10-12-19(13-11-18)24(2,3)4)23(28)29-15-20-14-21(30-26-20)17-8-6-5-7-9-17/h5-14,16H,15H2,1-4H3,(H,25,27)/t16-/m0/s1. The molecule has 156 valence electrons. The molecule has 0 fully saturated rings. The van der Waals surface area contributed by atoms with Gasteiger partial charge in [-0.1, -0.05) is 68.4 Å². The Morgan fingerprint density at radius 3 is 2.37 bits per heavy atom. The van der Waals surface area contributed by atoms with E-state index in [1.807, 2.05) is 42.5 Å². The van der Waals surface area contributed by atoms with Crippen molar-refractivity contribution < 1.29 is 18.8 Å². The van der Waals surface area contributed by atoms with Gasteiger partial charge in [0.05, 0.1) is 0 Å². The lowest BCUT2D eigenvalue weighted by atomic mass is 9.86. The van der Waals surface area contributed by atoms with Crippen molar-refractivity contribution in [3.8, 4) is 11.3 Å². The van der Waals surface area contributed by atoms with Crippen LogP contribution in [0.2, 0.25) is 0 Å². The molecule has 1 heterocycles. The van der Waals surface area contributed by atoms with Crippen LogP contribution in [-0.4, -0.2) is 23.1 Å². The van der Waals surface area contributed by atoms with Crippen molar-refractivity contribution in [2.75, 3.05) is 0 Å². The monoisotopic (exact) mass is 406 g/mol. The third kappa shape index (κ3) is 5.35. The Hall–Kier alpha value is -3.41. The minimum atomic E-state index is -0.791. The summed E-state index contributed by atoms with van der Waals surface area (Å²) in [5.74, 6) is -0.270. The molecule has 0 radical (unpaired) electrons. The van der Waals surface area contributed by atoms with Gasteiger partial charge in [0.1, 0.15) is 18.3 Å². The molecular weight excluding hydrogens is 380 g/mol. The Bertz CT molecular complexity index is 1000. The number of ether oxygens (including phenoxy) is 1. The van der Waals surface area contributed by atoms with Crippen LogP contribution >= 0.6 is 0 Å². The van der Waals surface area contributed by atoms with Crippen molar-refractivity contribution in [3.63, 3.8) is 0 Å². The second-order valence-electron chi connectivity index (χ2n) is 8.18. The van der Waals surface area contributed by atoms with E-state index in [0.717, 1.165) is 11.1 Å². The molecule has 0 saturated heterocycles. The van der Waals surface area contributed by atoms with E-state index in [0.29, 0.717) is 17.0 Å². The predicted octanol–water partition coefficient (Wildman–Crippen LogP) is 4.50. The number of hydrogen-bond acceptors (Lipinski definition) is 5. The average molecular weight is 406 g/mol. The van der Waals surface area contributed by atoms with Gasteiger partial charge >= 0.3 is 5.97 Å². The normalized spacial score (nSPS) is 12.3. The second kappa shape index (κ2) is 8.95. The fraction of sp³-hybridized carbons (Fsp3) is 0.292. The highest BCUT2D eigenvalue weighted by atomic mass is 16.5. The number of nitrogens with zero attached hydrogens (tertiary/aromatic N) is 1. The number of rotatable bonds is 6. The van der Waals surface area contributed by atoms with E-state index in [-0.39, 0.29) is 17.9 Å². The summed E-state index contributed by atoms with van der Waals surface area (Å²) in [5.41, 5.74) is 3.02.